The van der Waals surface area contributed by atoms with Gasteiger partial charge in [-0.2, -0.15) is 0 Å². The summed E-state index contributed by atoms with van der Waals surface area (Å²) in [7, 11) is -3.02. The molecule has 1 atom stereocenters. The van der Waals surface area contributed by atoms with Crippen LogP contribution in [0.5, 0.6) is 0 Å². The zero-order valence-electron chi connectivity index (χ0n) is 18.3. The zero-order valence-corrected chi connectivity index (χ0v) is 20.0. The summed E-state index contributed by atoms with van der Waals surface area (Å²) in [6.45, 7) is 3.77. The SMILES string of the molecule is O=P1(NCC(c2cccs2)N2CCOCC2)C=C(c2ccccc2)OC(c2ccccc2)=C1. The number of morpholine rings is 1. The van der Waals surface area contributed by atoms with Crippen molar-refractivity contribution in [1.82, 2.24) is 9.99 Å². The Morgan fingerprint density at radius 2 is 1.48 bits per heavy atom. The van der Waals surface area contributed by atoms with Crippen molar-refractivity contribution >= 4 is 30.1 Å². The van der Waals surface area contributed by atoms with Gasteiger partial charge in [-0.1, -0.05) is 66.7 Å². The molecule has 5 nitrogen and oxygen atoms in total. The average molecular weight is 479 g/mol. The van der Waals surface area contributed by atoms with Crippen LogP contribution in [0.2, 0.25) is 0 Å². The molecule has 0 bridgehead atoms. The minimum Gasteiger partial charge on any atom is -0.456 e. The summed E-state index contributed by atoms with van der Waals surface area (Å²) >= 11 is 1.74. The van der Waals surface area contributed by atoms with E-state index in [2.05, 4.69) is 27.5 Å². The monoisotopic (exact) mass is 478 g/mol. The van der Waals surface area contributed by atoms with E-state index in [1.165, 1.54) is 4.88 Å². The molecule has 0 aliphatic carbocycles. The molecule has 0 radical (unpaired) electrons. The highest BCUT2D eigenvalue weighted by Gasteiger charge is 2.30. The van der Waals surface area contributed by atoms with Crippen molar-refractivity contribution in [3.05, 3.63) is 106 Å². The van der Waals surface area contributed by atoms with E-state index >= 15 is 0 Å². The molecule has 1 aromatic heterocycles. The Morgan fingerprint density at radius 3 is 2.03 bits per heavy atom. The molecular weight excluding hydrogens is 451 g/mol. The van der Waals surface area contributed by atoms with E-state index in [1.807, 2.05) is 60.7 Å². The second kappa shape index (κ2) is 10.2. The first kappa shape index (κ1) is 22.3. The number of nitrogens with zero attached hydrogens (tertiary/aromatic N) is 1. The fourth-order valence-electron chi connectivity index (χ4n) is 4.13. The van der Waals surface area contributed by atoms with Crippen LogP contribution in [0.3, 0.4) is 0 Å². The van der Waals surface area contributed by atoms with E-state index in [0.717, 1.165) is 37.4 Å². The topological polar surface area (TPSA) is 50.8 Å². The molecule has 0 spiro atoms. The lowest BCUT2D eigenvalue weighted by atomic mass is 10.2. The van der Waals surface area contributed by atoms with Gasteiger partial charge in [0.1, 0.15) is 11.5 Å². The highest BCUT2D eigenvalue weighted by atomic mass is 32.1. The molecule has 3 aromatic rings. The minimum atomic E-state index is -3.02. The third kappa shape index (κ3) is 5.37. The average Bonchev–Trinajstić information content (AvgIpc) is 3.40. The third-order valence-electron chi connectivity index (χ3n) is 5.84. The maximum atomic E-state index is 14.2. The largest absolute Gasteiger partial charge is 0.456 e. The molecule has 0 saturated carbocycles. The molecule has 1 saturated heterocycles. The van der Waals surface area contributed by atoms with E-state index in [1.54, 1.807) is 23.0 Å². The van der Waals surface area contributed by atoms with Crippen LogP contribution in [0.25, 0.3) is 11.5 Å². The van der Waals surface area contributed by atoms with Crippen LogP contribution >= 0.6 is 18.6 Å². The number of hydrogen-bond donors (Lipinski definition) is 1. The van der Waals surface area contributed by atoms with Crippen molar-refractivity contribution in [2.45, 2.75) is 6.04 Å². The molecule has 7 heteroatoms. The molecule has 2 aliphatic rings. The quantitative estimate of drug-likeness (QED) is 0.421. The van der Waals surface area contributed by atoms with Crippen molar-refractivity contribution in [2.75, 3.05) is 32.8 Å². The summed E-state index contributed by atoms with van der Waals surface area (Å²) in [5, 5.41) is 5.53. The first-order chi connectivity index (χ1) is 16.2. The fourth-order valence-corrected chi connectivity index (χ4v) is 6.81. The van der Waals surface area contributed by atoms with Crippen LogP contribution in [0.4, 0.5) is 0 Å². The van der Waals surface area contributed by atoms with Crippen LogP contribution in [0.15, 0.2) is 89.8 Å². The van der Waals surface area contributed by atoms with Crippen LogP contribution in [-0.4, -0.2) is 37.7 Å². The van der Waals surface area contributed by atoms with Gasteiger partial charge in [0.2, 0.25) is 0 Å². The Balaban J connectivity index is 1.45. The lowest BCUT2D eigenvalue weighted by Gasteiger charge is -2.35. The van der Waals surface area contributed by atoms with Crippen LogP contribution < -0.4 is 5.09 Å². The molecule has 170 valence electrons. The summed E-state index contributed by atoms with van der Waals surface area (Å²) in [5.41, 5.74) is 1.81. The normalized spacial score (nSPS) is 19.3. The van der Waals surface area contributed by atoms with Crippen molar-refractivity contribution in [3.63, 3.8) is 0 Å². The van der Waals surface area contributed by atoms with Crippen molar-refractivity contribution in [1.29, 1.82) is 0 Å². The number of hydrogen-bond acceptors (Lipinski definition) is 5. The van der Waals surface area contributed by atoms with Gasteiger partial charge in [-0.3, -0.25) is 14.6 Å². The predicted octanol–water partition coefficient (Wildman–Crippen LogP) is 6.02. The van der Waals surface area contributed by atoms with Gasteiger partial charge in [-0.25, -0.2) is 0 Å². The van der Waals surface area contributed by atoms with E-state index < -0.39 is 7.29 Å². The highest BCUT2D eigenvalue weighted by molar-refractivity contribution is 7.68. The molecule has 3 heterocycles. The third-order valence-corrected chi connectivity index (χ3v) is 8.73. The summed E-state index contributed by atoms with van der Waals surface area (Å²) in [4.78, 5) is 3.68. The van der Waals surface area contributed by atoms with E-state index in [0.29, 0.717) is 18.1 Å². The molecule has 1 unspecified atom stereocenters. The summed E-state index contributed by atoms with van der Waals surface area (Å²) in [6.07, 6.45) is 0. The van der Waals surface area contributed by atoms with E-state index in [4.69, 9.17) is 9.47 Å². The Morgan fingerprint density at radius 1 is 0.879 bits per heavy atom. The lowest BCUT2D eigenvalue weighted by molar-refractivity contribution is 0.0179. The van der Waals surface area contributed by atoms with Gasteiger partial charge in [0.05, 0.1) is 19.3 Å². The number of nitrogens with one attached hydrogen (secondary N) is 1. The number of ether oxygens (including phenoxy) is 2. The molecule has 2 aromatic carbocycles. The maximum absolute atomic E-state index is 14.2. The minimum absolute atomic E-state index is 0.143. The molecule has 0 amide bonds. The Labute approximate surface area is 198 Å². The van der Waals surface area contributed by atoms with Crippen molar-refractivity contribution in [3.8, 4) is 0 Å². The number of thiophene rings is 1. The summed E-state index contributed by atoms with van der Waals surface area (Å²) in [6, 6.07) is 24.1. The van der Waals surface area contributed by atoms with Gasteiger partial charge in [-0.15, -0.1) is 11.3 Å². The number of benzene rings is 2. The van der Waals surface area contributed by atoms with Gasteiger partial charge in [0.15, 0.2) is 7.29 Å². The van der Waals surface area contributed by atoms with Crippen LogP contribution in [0.1, 0.15) is 22.0 Å². The van der Waals surface area contributed by atoms with Crippen molar-refractivity contribution in [2.24, 2.45) is 0 Å². The Bertz CT molecular complexity index is 1100. The highest BCUT2D eigenvalue weighted by Crippen LogP contribution is 2.53. The molecule has 5 rings (SSSR count). The van der Waals surface area contributed by atoms with Crippen LogP contribution in [0, 0.1) is 0 Å². The smallest absolute Gasteiger partial charge is 0.198 e. The van der Waals surface area contributed by atoms with Crippen molar-refractivity contribution < 1.29 is 14.0 Å². The molecule has 2 aliphatic heterocycles. The van der Waals surface area contributed by atoms with Gasteiger partial charge >= 0.3 is 0 Å². The molecule has 1 N–H and O–H groups in total. The van der Waals surface area contributed by atoms with E-state index in [9.17, 15) is 4.57 Å². The van der Waals surface area contributed by atoms with Gasteiger partial charge in [-0.05, 0) is 11.4 Å². The summed E-state index contributed by atoms with van der Waals surface area (Å²) < 4.78 is 26.0. The second-order valence-electron chi connectivity index (χ2n) is 8.07. The first-order valence-electron chi connectivity index (χ1n) is 11.1. The molecule has 33 heavy (non-hydrogen) atoms. The first-order valence-corrected chi connectivity index (χ1v) is 13.9. The fraction of sp³-hybridized carbons (Fsp3) is 0.231. The maximum Gasteiger partial charge on any atom is 0.198 e. The molecule has 1 fully saturated rings. The Hall–Kier alpha value is -2.47. The number of rotatable bonds is 7. The molecular formula is C26H27N2O3PS. The Kier molecular flexibility index (Phi) is 6.91. The van der Waals surface area contributed by atoms with Gasteiger partial charge < -0.3 is 9.47 Å². The standard InChI is InChI=1S/C26H27N2O3PS/c29-32(27-18-23(26-12-7-17-33-26)28-13-15-30-16-14-28)19-24(21-8-3-1-4-9-21)31-25(20-32)22-10-5-2-6-11-22/h1-12,17,19-20,23H,13-16,18H2,(H,27,29). The lowest BCUT2D eigenvalue weighted by Crippen LogP contribution is -2.42. The summed E-state index contributed by atoms with van der Waals surface area (Å²) in [5.74, 6) is 4.76. The van der Waals surface area contributed by atoms with Crippen LogP contribution in [-0.2, 0) is 14.0 Å². The van der Waals surface area contributed by atoms with Gasteiger partial charge in [0.25, 0.3) is 0 Å². The predicted molar refractivity (Wildman–Crippen MR) is 135 cm³/mol. The van der Waals surface area contributed by atoms with E-state index in [-0.39, 0.29) is 6.04 Å². The van der Waals surface area contributed by atoms with Gasteiger partial charge in [0, 0.05) is 47.3 Å². The second-order valence-corrected chi connectivity index (χ2v) is 11.3. The zero-order chi connectivity index (χ0) is 22.5.